The molecular formula is C16H26BrNO2. The van der Waals surface area contributed by atoms with E-state index in [1.165, 1.54) is 24.8 Å². The molecule has 0 saturated heterocycles. The molecule has 0 fully saturated rings. The number of nitrogens with one attached hydrogen (secondary N) is 1. The van der Waals surface area contributed by atoms with Crippen LogP contribution < -0.4 is 14.8 Å². The minimum Gasteiger partial charge on any atom is -0.493 e. The molecule has 0 aliphatic rings. The largest absolute Gasteiger partial charge is 0.493 e. The molecule has 1 rings (SSSR count). The Labute approximate surface area is 131 Å². The highest BCUT2D eigenvalue weighted by Gasteiger charge is 2.10. The van der Waals surface area contributed by atoms with E-state index in [2.05, 4.69) is 41.2 Å². The molecule has 0 spiro atoms. The van der Waals surface area contributed by atoms with Gasteiger partial charge in [0.2, 0.25) is 0 Å². The van der Waals surface area contributed by atoms with Crippen molar-refractivity contribution in [3.8, 4) is 11.5 Å². The fourth-order valence-electron chi connectivity index (χ4n) is 2.11. The highest BCUT2D eigenvalue weighted by molar-refractivity contribution is 9.10. The maximum absolute atomic E-state index is 5.35. The Morgan fingerprint density at radius 2 is 1.90 bits per heavy atom. The van der Waals surface area contributed by atoms with Crippen LogP contribution in [0, 0.1) is 5.92 Å². The number of rotatable bonds is 9. The summed E-state index contributed by atoms with van der Waals surface area (Å²) in [5.74, 6) is 2.31. The number of hydrogen-bond acceptors (Lipinski definition) is 3. The zero-order valence-corrected chi connectivity index (χ0v) is 14.5. The smallest absolute Gasteiger partial charge is 0.174 e. The van der Waals surface area contributed by atoms with Gasteiger partial charge in [-0.15, -0.1) is 0 Å². The molecule has 1 aromatic rings. The molecule has 0 saturated carbocycles. The molecule has 20 heavy (non-hydrogen) atoms. The molecule has 4 heteroatoms. The van der Waals surface area contributed by atoms with Crippen LogP contribution in [0.2, 0.25) is 0 Å². The van der Waals surface area contributed by atoms with Gasteiger partial charge in [-0.25, -0.2) is 0 Å². The number of halogens is 1. The Balaban J connectivity index is 2.42. The summed E-state index contributed by atoms with van der Waals surface area (Å²) in [6.45, 7) is 6.45. The van der Waals surface area contributed by atoms with Gasteiger partial charge in [0.05, 0.1) is 18.7 Å². The van der Waals surface area contributed by atoms with Crippen molar-refractivity contribution in [1.29, 1.82) is 0 Å². The summed E-state index contributed by atoms with van der Waals surface area (Å²) in [6, 6.07) is 4.09. The van der Waals surface area contributed by atoms with Crippen LogP contribution in [0.5, 0.6) is 11.5 Å². The summed E-state index contributed by atoms with van der Waals surface area (Å²) < 4.78 is 11.6. The Hall–Kier alpha value is -0.740. The van der Waals surface area contributed by atoms with Crippen LogP contribution >= 0.6 is 15.9 Å². The maximum Gasteiger partial charge on any atom is 0.174 e. The number of ether oxygens (including phenoxy) is 2. The Kier molecular flexibility index (Phi) is 8.00. The standard InChI is InChI=1S/C16H26BrNO2/c1-12(2)7-5-6-8-18-11-13-9-14(17)16(20-4)15(10-13)19-3/h9-10,12,18H,5-8,11H2,1-4H3. The molecule has 0 aliphatic heterocycles. The summed E-state index contributed by atoms with van der Waals surface area (Å²) in [4.78, 5) is 0. The van der Waals surface area contributed by atoms with Crippen LogP contribution in [0.1, 0.15) is 38.7 Å². The van der Waals surface area contributed by atoms with E-state index in [0.717, 1.165) is 35.0 Å². The molecule has 114 valence electrons. The second kappa shape index (κ2) is 9.24. The Bertz CT molecular complexity index is 408. The summed E-state index contributed by atoms with van der Waals surface area (Å²) in [7, 11) is 3.31. The second-order valence-corrected chi connectivity index (χ2v) is 6.23. The fourth-order valence-corrected chi connectivity index (χ4v) is 2.76. The van der Waals surface area contributed by atoms with Crippen molar-refractivity contribution < 1.29 is 9.47 Å². The lowest BCUT2D eigenvalue weighted by atomic mass is 10.1. The monoisotopic (exact) mass is 343 g/mol. The quantitative estimate of drug-likeness (QED) is 0.674. The van der Waals surface area contributed by atoms with E-state index in [1.807, 2.05) is 6.07 Å². The van der Waals surface area contributed by atoms with Crippen molar-refractivity contribution in [1.82, 2.24) is 5.32 Å². The van der Waals surface area contributed by atoms with E-state index in [0.29, 0.717) is 0 Å². The Morgan fingerprint density at radius 3 is 2.50 bits per heavy atom. The molecule has 0 amide bonds. The third-order valence-corrected chi connectivity index (χ3v) is 3.80. The van der Waals surface area contributed by atoms with E-state index in [1.54, 1.807) is 14.2 Å². The van der Waals surface area contributed by atoms with Crippen molar-refractivity contribution in [2.45, 2.75) is 39.7 Å². The predicted molar refractivity (Wildman–Crippen MR) is 87.6 cm³/mol. The van der Waals surface area contributed by atoms with Crippen LogP contribution in [-0.4, -0.2) is 20.8 Å². The third kappa shape index (κ3) is 5.71. The molecule has 1 aromatic carbocycles. The van der Waals surface area contributed by atoms with Gasteiger partial charge in [0.1, 0.15) is 0 Å². The van der Waals surface area contributed by atoms with Crippen LogP contribution in [0.15, 0.2) is 16.6 Å². The van der Waals surface area contributed by atoms with Crippen LogP contribution in [-0.2, 0) is 6.54 Å². The summed E-state index contributed by atoms with van der Waals surface area (Å²) in [6.07, 6.45) is 3.83. The number of methoxy groups -OCH3 is 2. The Morgan fingerprint density at radius 1 is 1.15 bits per heavy atom. The summed E-state index contributed by atoms with van der Waals surface area (Å²) in [5, 5.41) is 3.47. The zero-order chi connectivity index (χ0) is 15.0. The number of benzene rings is 1. The molecule has 0 heterocycles. The van der Waals surface area contributed by atoms with Gasteiger partial charge in [0.15, 0.2) is 11.5 Å². The van der Waals surface area contributed by atoms with Crippen molar-refractivity contribution >= 4 is 15.9 Å². The highest BCUT2D eigenvalue weighted by atomic mass is 79.9. The van der Waals surface area contributed by atoms with Gasteiger partial charge in [-0.05, 0) is 52.5 Å². The van der Waals surface area contributed by atoms with Crippen LogP contribution in [0.25, 0.3) is 0 Å². The first-order valence-corrected chi connectivity index (χ1v) is 7.99. The topological polar surface area (TPSA) is 30.5 Å². The SMILES string of the molecule is COc1cc(CNCCCCC(C)C)cc(Br)c1OC. The molecule has 1 N–H and O–H groups in total. The molecule has 0 bridgehead atoms. The first-order valence-electron chi connectivity index (χ1n) is 7.19. The van der Waals surface area contributed by atoms with E-state index >= 15 is 0 Å². The summed E-state index contributed by atoms with van der Waals surface area (Å²) >= 11 is 3.52. The average Bonchev–Trinajstić information content (AvgIpc) is 2.41. The van der Waals surface area contributed by atoms with Gasteiger partial charge < -0.3 is 14.8 Å². The van der Waals surface area contributed by atoms with Crippen LogP contribution in [0.3, 0.4) is 0 Å². The van der Waals surface area contributed by atoms with Gasteiger partial charge in [-0.1, -0.05) is 26.7 Å². The molecule has 0 unspecified atom stereocenters. The van der Waals surface area contributed by atoms with Gasteiger partial charge in [0, 0.05) is 6.54 Å². The van der Waals surface area contributed by atoms with Gasteiger partial charge in [0.25, 0.3) is 0 Å². The van der Waals surface area contributed by atoms with Crippen molar-refractivity contribution in [2.24, 2.45) is 5.92 Å². The lowest BCUT2D eigenvalue weighted by molar-refractivity contribution is 0.352. The number of hydrogen-bond donors (Lipinski definition) is 1. The molecule has 0 aromatic heterocycles. The number of unbranched alkanes of at least 4 members (excludes halogenated alkanes) is 1. The average molecular weight is 344 g/mol. The van der Waals surface area contributed by atoms with E-state index in [4.69, 9.17) is 9.47 Å². The minimum atomic E-state index is 0.744. The first-order chi connectivity index (χ1) is 9.58. The predicted octanol–water partition coefficient (Wildman–Crippen LogP) is 4.38. The van der Waals surface area contributed by atoms with Crippen LogP contribution in [0.4, 0.5) is 0 Å². The van der Waals surface area contributed by atoms with E-state index < -0.39 is 0 Å². The maximum atomic E-state index is 5.35. The lowest BCUT2D eigenvalue weighted by Crippen LogP contribution is -2.15. The van der Waals surface area contributed by atoms with E-state index in [9.17, 15) is 0 Å². The third-order valence-electron chi connectivity index (χ3n) is 3.21. The van der Waals surface area contributed by atoms with Crippen molar-refractivity contribution in [2.75, 3.05) is 20.8 Å². The lowest BCUT2D eigenvalue weighted by Gasteiger charge is -2.12. The zero-order valence-electron chi connectivity index (χ0n) is 13.0. The molecule has 0 atom stereocenters. The first kappa shape index (κ1) is 17.3. The summed E-state index contributed by atoms with van der Waals surface area (Å²) in [5.41, 5.74) is 1.19. The minimum absolute atomic E-state index is 0.744. The molecule has 3 nitrogen and oxygen atoms in total. The van der Waals surface area contributed by atoms with Crippen molar-refractivity contribution in [3.05, 3.63) is 22.2 Å². The highest BCUT2D eigenvalue weighted by Crippen LogP contribution is 2.36. The van der Waals surface area contributed by atoms with Gasteiger partial charge >= 0.3 is 0 Å². The van der Waals surface area contributed by atoms with Crippen molar-refractivity contribution in [3.63, 3.8) is 0 Å². The fraction of sp³-hybridized carbons (Fsp3) is 0.625. The molecule has 0 radical (unpaired) electrons. The molecular weight excluding hydrogens is 318 g/mol. The normalized spacial score (nSPS) is 10.9. The second-order valence-electron chi connectivity index (χ2n) is 5.38. The van der Waals surface area contributed by atoms with Gasteiger partial charge in [-0.3, -0.25) is 0 Å². The van der Waals surface area contributed by atoms with E-state index in [-0.39, 0.29) is 0 Å². The molecule has 0 aliphatic carbocycles. The van der Waals surface area contributed by atoms with Gasteiger partial charge in [-0.2, -0.15) is 0 Å².